The van der Waals surface area contributed by atoms with Gasteiger partial charge in [0, 0.05) is 36.5 Å². The third-order valence-corrected chi connectivity index (χ3v) is 5.46. The molecule has 4 rings (SSSR count). The van der Waals surface area contributed by atoms with Crippen molar-refractivity contribution in [2.75, 3.05) is 11.4 Å². The van der Waals surface area contributed by atoms with E-state index in [4.69, 9.17) is 9.84 Å². The molecule has 0 bridgehead atoms. The minimum Gasteiger partial charge on any atom is -0.489 e. The number of fused-ring (bicyclic) bond motifs is 1. The first-order chi connectivity index (χ1) is 15.5. The summed E-state index contributed by atoms with van der Waals surface area (Å²) in [6, 6.07) is 15.8. The third-order valence-electron chi connectivity index (χ3n) is 5.46. The average Bonchev–Trinajstić information content (AvgIpc) is 3.22. The Bertz CT molecular complexity index is 1130. The molecule has 3 aromatic rings. The van der Waals surface area contributed by atoms with Crippen LogP contribution in [0.15, 0.2) is 60.8 Å². The Hall–Kier alpha value is -3.74. The van der Waals surface area contributed by atoms with Crippen LogP contribution in [0.4, 0.5) is 10.1 Å². The van der Waals surface area contributed by atoms with Crippen molar-refractivity contribution in [3.63, 3.8) is 0 Å². The summed E-state index contributed by atoms with van der Waals surface area (Å²) >= 11 is 0. The van der Waals surface area contributed by atoms with E-state index in [1.165, 1.54) is 6.07 Å². The van der Waals surface area contributed by atoms with Gasteiger partial charge in [0.25, 0.3) is 0 Å². The topological polar surface area (TPSA) is 79.7 Å². The van der Waals surface area contributed by atoms with Gasteiger partial charge in [0.15, 0.2) is 0 Å². The van der Waals surface area contributed by atoms with Crippen molar-refractivity contribution < 1.29 is 23.8 Å². The number of aliphatic carboxylic acids is 1. The fraction of sp³-hybridized carbons (Fsp3) is 0.240. The standard InChI is InChI=1S/C25H23FN2O4/c26-22-15-21(9-7-17(22)8-10-24(30)31)32-16-19-5-3-4-18-11-13-28(25(18)19)23(29)14-20-6-1-2-12-27-20/h1-7,9,12,15H,8,10-11,13-14,16H2,(H,30,31). The second-order valence-corrected chi connectivity index (χ2v) is 7.65. The molecule has 0 unspecified atom stereocenters. The van der Waals surface area contributed by atoms with Crippen LogP contribution in [0.5, 0.6) is 5.75 Å². The van der Waals surface area contributed by atoms with E-state index in [2.05, 4.69) is 4.98 Å². The van der Waals surface area contributed by atoms with Gasteiger partial charge in [-0.1, -0.05) is 30.3 Å². The number of carbonyl (C=O) groups is 2. The summed E-state index contributed by atoms with van der Waals surface area (Å²) < 4.78 is 20.1. The van der Waals surface area contributed by atoms with Crippen LogP contribution >= 0.6 is 0 Å². The van der Waals surface area contributed by atoms with Crippen molar-refractivity contribution in [3.05, 3.63) is 89.0 Å². The summed E-state index contributed by atoms with van der Waals surface area (Å²) in [6.45, 7) is 0.787. The van der Waals surface area contributed by atoms with E-state index in [9.17, 15) is 14.0 Å². The van der Waals surface area contributed by atoms with Crippen molar-refractivity contribution in [1.82, 2.24) is 4.98 Å². The maximum atomic E-state index is 14.3. The lowest BCUT2D eigenvalue weighted by Crippen LogP contribution is -2.31. The normalized spacial score (nSPS) is 12.5. The van der Waals surface area contributed by atoms with Gasteiger partial charge in [0.1, 0.15) is 18.2 Å². The summed E-state index contributed by atoms with van der Waals surface area (Å²) in [7, 11) is 0. The third kappa shape index (κ3) is 4.94. The number of hydrogen-bond donors (Lipinski definition) is 1. The number of carboxylic acids is 1. The molecule has 32 heavy (non-hydrogen) atoms. The highest BCUT2D eigenvalue weighted by Gasteiger charge is 2.27. The number of ether oxygens (including phenoxy) is 1. The summed E-state index contributed by atoms with van der Waals surface area (Å²) in [5, 5.41) is 8.77. The van der Waals surface area contributed by atoms with Crippen molar-refractivity contribution in [1.29, 1.82) is 0 Å². The van der Waals surface area contributed by atoms with Gasteiger partial charge in [-0.25, -0.2) is 4.39 Å². The van der Waals surface area contributed by atoms with E-state index in [0.29, 0.717) is 17.9 Å². The van der Waals surface area contributed by atoms with Gasteiger partial charge in [-0.3, -0.25) is 14.6 Å². The monoisotopic (exact) mass is 434 g/mol. The molecule has 1 aromatic heterocycles. The first kappa shape index (κ1) is 21.5. The van der Waals surface area contributed by atoms with Crippen LogP contribution in [0.1, 0.15) is 28.8 Å². The second kappa shape index (κ2) is 9.60. The van der Waals surface area contributed by atoms with Crippen LogP contribution in [0.25, 0.3) is 0 Å². The highest BCUT2D eigenvalue weighted by atomic mass is 19.1. The van der Waals surface area contributed by atoms with Crippen LogP contribution in [-0.4, -0.2) is 28.5 Å². The molecule has 0 radical (unpaired) electrons. The minimum atomic E-state index is -0.968. The SMILES string of the molecule is O=C(O)CCc1ccc(OCc2cccc3c2N(C(=O)Cc2ccccn2)CC3)cc1F. The molecule has 164 valence electrons. The molecule has 0 saturated heterocycles. The molecular formula is C25H23FN2O4. The lowest BCUT2D eigenvalue weighted by Gasteiger charge is -2.21. The van der Waals surface area contributed by atoms with E-state index in [1.807, 2.05) is 36.4 Å². The largest absolute Gasteiger partial charge is 0.489 e. The molecule has 2 heterocycles. The van der Waals surface area contributed by atoms with Gasteiger partial charge >= 0.3 is 5.97 Å². The van der Waals surface area contributed by atoms with Crippen LogP contribution in [-0.2, 0) is 35.5 Å². The van der Waals surface area contributed by atoms with E-state index in [1.54, 1.807) is 23.2 Å². The number of para-hydroxylation sites is 1. The maximum Gasteiger partial charge on any atom is 0.303 e. The number of amides is 1. The van der Waals surface area contributed by atoms with E-state index in [-0.39, 0.29) is 31.8 Å². The quantitative estimate of drug-likeness (QED) is 0.581. The Labute approximate surface area is 185 Å². The summed E-state index contributed by atoms with van der Waals surface area (Å²) in [4.78, 5) is 29.7. The zero-order valence-electron chi connectivity index (χ0n) is 17.5. The highest BCUT2D eigenvalue weighted by molar-refractivity contribution is 5.97. The van der Waals surface area contributed by atoms with Crippen molar-refractivity contribution in [3.8, 4) is 5.75 Å². The molecule has 6 nitrogen and oxygen atoms in total. The lowest BCUT2D eigenvalue weighted by molar-refractivity contribution is -0.137. The Morgan fingerprint density at radius 3 is 2.72 bits per heavy atom. The van der Waals surface area contributed by atoms with E-state index < -0.39 is 11.8 Å². The van der Waals surface area contributed by atoms with Gasteiger partial charge in [0.05, 0.1) is 12.1 Å². The lowest BCUT2D eigenvalue weighted by atomic mass is 10.1. The molecule has 7 heteroatoms. The second-order valence-electron chi connectivity index (χ2n) is 7.65. The van der Waals surface area contributed by atoms with Crippen molar-refractivity contribution in [2.45, 2.75) is 32.3 Å². The van der Waals surface area contributed by atoms with Crippen LogP contribution in [0.2, 0.25) is 0 Å². The molecule has 0 fully saturated rings. The first-order valence-electron chi connectivity index (χ1n) is 10.5. The molecule has 0 aliphatic carbocycles. The van der Waals surface area contributed by atoms with Crippen LogP contribution in [0.3, 0.4) is 0 Å². The Morgan fingerprint density at radius 2 is 1.97 bits per heavy atom. The van der Waals surface area contributed by atoms with Gasteiger partial charge in [-0.15, -0.1) is 0 Å². The molecule has 1 amide bonds. The summed E-state index contributed by atoms with van der Waals surface area (Å²) in [6.07, 6.45) is 2.66. The van der Waals surface area contributed by atoms with Crippen molar-refractivity contribution in [2.24, 2.45) is 0 Å². The smallest absolute Gasteiger partial charge is 0.303 e. The average molecular weight is 434 g/mol. The number of aryl methyl sites for hydroxylation is 1. The molecule has 0 atom stereocenters. The van der Waals surface area contributed by atoms with Gasteiger partial charge in [-0.05, 0) is 42.2 Å². The highest BCUT2D eigenvalue weighted by Crippen LogP contribution is 2.33. The predicted molar refractivity (Wildman–Crippen MR) is 117 cm³/mol. The molecule has 0 spiro atoms. The predicted octanol–water partition coefficient (Wildman–Crippen LogP) is 3.95. The van der Waals surface area contributed by atoms with E-state index >= 15 is 0 Å². The number of nitrogens with zero attached hydrogens (tertiary/aromatic N) is 2. The Kier molecular flexibility index (Phi) is 6.44. The van der Waals surface area contributed by atoms with E-state index in [0.717, 1.165) is 28.9 Å². The van der Waals surface area contributed by atoms with Gasteiger partial charge < -0.3 is 14.7 Å². The molecule has 2 aromatic carbocycles. The Balaban J connectivity index is 1.47. The molecule has 1 aliphatic heterocycles. The number of aromatic nitrogens is 1. The maximum absolute atomic E-state index is 14.3. The molecule has 0 saturated carbocycles. The molecular weight excluding hydrogens is 411 g/mol. The zero-order valence-corrected chi connectivity index (χ0v) is 17.5. The number of hydrogen-bond acceptors (Lipinski definition) is 4. The van der Waals surface area contributed by atoms with Gasteiger partial charge in [-0.2, -0.15) is 0 Å². The molecule has 1 N–H and O–H groups in total. The number of carboxylic acid groups (broad SMARTS) is 1. The number of benzene rings is 2. The number of pyridine rings is 1. The van der Waals surface area contributed by atoms with Crippen LogP contribution < -0.4 is 9.64 Å². The fourth-order valence-corrected chi connectivity index (χ4v) is 3.88. The number of rotatable bonds is 8. The van der Waals surface area contributed by atoms with Gasteiger partial charge in [0.2, 0.25) is 5.91 Å². The first-order valence-corrected chi connectivity index (χ1v) is 10.5. The number of anilines is 1. The zero-order chi connectivity index (χ0) is 22.5. The minimum absolute atomic E-state index is 0.0243. The summed E-state index contributed by atoms with van der Waals surface area (Å²) in [5.74, 6) is -1.13. The van der Waals surface area contributed by atoms with Crippen LogP contribution in [0, 0.1) is 5.82 Å². The number of carbonyl (C=O) groups excluding carboxylic acids is 1. The summed E-state index contributed by atoms with van der Waals surface area (Å²) in [5.41, 5.74) is 3.84. The number of halogens is 1. The Morgan fingerprint density at radius 1 is 1.09 bits per heavy atom. The fourth-order valence-electron chi connectivity index (χ4n) is 3.88. The molecule has 1 aliphatic rings. The van der Waals surface area contributed by atoms with Crippen molar-refractivity contribution >= 4 is 17.6 Å².